The summed E-state index contributed by atoms with van der Waals surface area (Å²) < 4.78 is 0.812. The minimum absolute atomic E-state index is 0. The first-order valence-electron chi connectivity index (χ1n) is 3.25. The van der Waals surface area contributed by atoms with Gasteiger partial charge in [0.1, 0.15) is 6.54 Å². The predicted molar refractivity (Wildman–Crippen MR) is 38.0 cm³/mol. The van der Waals surface area contributed by atoms with E-state index < -0.39 is 0 Å². The second kappa shape index (κ2) is 6.33. The van der Waals surface area contributed by atoms with Crippen LogP contribution in [0.2, 0.25) is 0 Å². The van der Waals surface area contributed by atoms with Crippen molar-refractivity contribution in [3.8, 4) is 0 Å². The molecule has 0 fully saturated rings. The second-order valence-corrected chi connectivity index (χ2v) is 2.90. The Morgan fingerprint density at radius 3 is 2.10 bits per heavy atom. The molecule has 0 heterocycles. The van der Waals surface area contributed by atoms with Gasteiger partial charge in [-0.25, -0.2) is 0 Å². The van der Waals surface area contributed by atoms with Gasteiger partial charge in [-0.1, -0.05) is 0 Å². The van der Waals surface area contributed by atoms with Crippen LogP contribution in [0.3, 0.4) is 0 Å². The highest BCUT2D eigenvalue weighted by atomic mass is 127. The third-order valence-electron chi connectivity index (χ3n) is 1.44. The Balaban J connectivity index is 0. The summed E-state index contributed by atoms with van der Waals surface area (Å²) >= 11 is 0. The zero-order valence-corrected chi connectivity index (χ0v) is 8.84. The van der Waals surface area contributed by atoms with Crippen molar-refractivity contribution in [2.45, 2.75) is 0 Å². The van der Waals surface area contributed by atoms with Crippen molar-refractivity contribution in [2.75, 3.05) is 40.3 Å². The highest BCUT2D eigenvalue weighted by molar-refractivity contribution is 4.33. The molecule has 0 aromatic carbocycles. The van der Waals surface area contributed by atoms with Gasteiger partial charge in [0, 0.05) is 6.54 Å². The molecule has 0 atom stereocenters. The van der Waals surface area contributed by atoms with Crippen molar-refractivity contribution in [1.29, 1.82) is 0 Å². The first-order valence-corrected chi connectivity index (χ1v) is 3.25. The van der Waals surface area contributed by atoms with Crippen LogP contribution in [-0.4, -0.2) is 49.9 Å². The van der Waals surface area contributed by atoms with Crippen molar-refractivity contribution in [3.63, 3.8) is 0 Å². The summed E-state index contributed by atoms with van der Waals surface area (Å²) in [5.74, 6) is 0. The van der Waals surface area contributed by atoms with Crippen molar-refractivity contribution < 1.29 is 33.6 Å². The summed E-state index contributed by atoms with van der Waals surface area (Å²) in [6, 6.07) is 0. The van der Waals surface area contributed by atoms with Crippen LogP contribution in [0, 0.1) is 0 Å². The van der Waals surface area contributed by atoms with E-state index in [0.717, 1.165) is 17.6 Å². The number of nitrogens with zero attached hydrogens (tertiary/aromatic N) is 1. The molecule has 0 rings (SSSR count). The van der Waals surface area contributed by atoms with Crippen LogP contribution in [0.1, 0.15) is 0 Å². The molecule has 0 aliphatic heterocycles. The van der Waals surface area contributed by atoms with Crippen molar-refractivity contribution in [1.82, 2.24) is 0 Å². The number of nitrogens with two attached hydrogens (primary N) is 1. The van der Waals surface area contributed by atoms with Crippen LogP contribution in [0.5, 0.6) is 0 Å². The lowest BCUT2D eigenvalue weighted by Crippen LogP contribution is -3.00. The molecule has 10 heavy (non-hydrogen) atoms. The van der Waals surface area contributed by atoms with E-state index in [1.807, 2.05) is 0 Å². The number of hydrogen-bond acceptors (Lipinski definition) is 2. The van der Waals surface area contributed by atoms with E-state index in [1.165, 1.54) is 0 Å². The van der Waals surface area contributed by atoms with Gasteiger partial charge >= 0.3 is 0 Å². The molecule has 0 bridgehead atoms. The normalized spacial score (nSPS) is 10.8. The Bertz CT molecular complexity index is 70.1. The van der Waals surface area contributed by atoms with Gasteiger partial charge in [-0.15, -0.1) is 0 Å². The fourth-order valence-electron chi connectivity index (χ4n) is 0.732. The third-order valence-corrected chi connectivity index (χ3v) is 1.44. The zero-order chi connectivity index (χ0) is 7.33. The van der Waals surface area contributed by atoms with Crippen molar-refractivity contribution >= 4 is 0 Å². The number of aliphatic hydroxyl groups excluding tert-OH is 1. The average molecular weight is 260 g/mol. The maximum Gasteiger partial charge on any atom is 0.102 e. The molecule has 0 radical (unpaired) electrons. The van der Waals surface area contributed by atoms with Crippen LogP contribution in [0.4, 0.5) is 0 Å². The van der Waals surface area contributed by atoms with Crippen LogP contribution in [0.25, 0.3) is 0 Å². The standard InChI is InChI=1S/C6H17N2O.HI/c1-8(2,4-3-7)5-6-9;/h9H,3-7H2,1-2H3;1H/q+1;/p-1. The number of aliphatic hydroxyl groups is 1. The predicted octanol–water partition coefficient (Wildman–Crippen LogP) is -3.98. The molecular weight excluding hydrogens is 243 g/mol. The number of hydrogen-bond donors (Lipinski definition) is 2. The van der Waals surface area contributed by atoms with Gasteiger partial charge < -0.3 is 39.3 Å². The second-order valence-electron chi connectivity index (χ2n) is 2.90. The lowest BCUT2D eigenvalue weighted by atomic mass is 10.4. The number of rotatable bonds is 4. The Kier molecular flexibility index (Phi) is 8.36. The molecule has 0 spiro atoms. The van der Waals surface area contributed by atoms with E-state index >= 15 is 0 Å². The molecule has 64 valence electrons. The molecular formula is C6H17IN2O. The molecule has 0 aromatic rings. The lowest BCUT2D eigenvalue weighted by molar-refractivity contribution is -0.889. The summed E-state index contributed by atoms with van der Waals surface area (Å²) in [5.41, 5.74) is 5.35. The molecule has 0 unspecified atom stereocenters. The maximum absolute atomic E-state index is 8.57. The monoisotopic (exact) mass is 260 g/mol. The quantitative estimate of drug-likeness (QED) is 0.400. The number of likely N-dealkylation sites (N-methyl/N-ethyl adjacent to an activating group) is 1. The van der Waals surface area contributed by atoms with E-state index in [4.69, 9.17) is 10.8 Å². The fourth-order valence-corrected chi connectivity index (χ4v) is 0.732. The van der Waals surface area contributed by atoms with E-state index in [9.17, 15) is 0 Å². The van der Waals surface area contributed by atoms with Gasteiger partial charge in [0.15, 0.2) is 0 Å². The highest BCUT2D eigenvalue weighted by Crippen LogP contribution is 1.92. The van der Waals surface area contributed by atoms with Crippen LogP contribution >= 0.6 is 0 Å². The Labute approximate surface area is 79.8 Å². The minimum Gasteiger partial charge on any atom is -1.00 e. The van der Waals surface area contributed by atoms with Gasteiger partial charge in [0.05, 0.1) is 27.2 Å². The van der Waals surface area contributed by atoms with Crippen LogP contribution in [-0.2, 0) is 0 Å². The summed E-state index contributed by atoms with van der Waals surface area (Å²) in [6.07, 6.45) is 0. The zero-order valence-electron chi connectivity index (χ0n) is 6.68. The summed E-state index contributed by atoms with van der Waals surface area (Å²) in [5, 5.41) is 8.57. The van der Waals surface area contributed by atoms with Gasteiger partial charge in [-0.3, -0.25) is 0 Å². The first kappa shape index (κ1) is 13.2. The Hall–Kier alpha value is 0.610. The van der Waals surface area contributed by atoms with Crippen molar-refractivity contribution in [3.05, 3.63) is 0 Å². The molecule has 0 aliphatic carbocycles. The summed E-state index contributed by atoms with van der Waals surface area (Å²) in [6.45, 7) is 2.65. The van der Waals surface area contributed by atoms with E-state index in [1.54, 1.807) is 0 Å². The number of quaternary nitrogens is 1. The minimum atomic E-state index is 0. The largest absolute Gasteiger partial charge is 1.00 e. The number of halogens is 1. The molecule has 0 saturated heterocycles. The third kappa shape index (κ3) is 6.73. The molecule has 4 heteroatoms. The van der Waals surface area contributed by atoms with Gasteiger partial charge in [-0.05, 0) is 0 Å². The smallest absolute Gasteiger partial charge is 0.102 e. The Morgan fingerprint density at radius 2 is 1.80 bits per heavy atom. The average Bonchev–Trinajstić information content (AvgIpc) is 1.64. The Morgan fingerprint density at radius 1 is 1.30 bits per heavy atom. The maximum atomic E-state index is 8.57. The van der Waals surface area contributed by atoms with Gasteiger partial charge in [0.2, 0.25) is 0 Å². The SMILES string of the molecule is C[N+](C)(CCN)CCO.[I-]. The highest BCUT2D eigenvalue weighted by Gasteiger charge is 2.10. The van der Waals surface area contributed by atoms with E-state index in [-0.39, 0.29) is 30.6 Å². The van der Waals surface area contributed by atoms with Gasteiger partial charge in [-0.2, -0.15) is 0 Å². The first-order chi connectivity index (χ1) is 4.12. The fraction of sp³-hybridized carbons (Fsp3) is 1.00. The molecule has 3 nitrogen and oxygen atoms in total. The topological polar surface area (TPSA) is 46.2 Å². The van der Waals surface area contributed by atoms with Crippen LogP contribution < -0.4 is 29.7 Å². The molecule has 3 N–H and O–H groups in total. The summed E-state index contributed by atoms with van der Waals surface area (Å²) in [4.78, 5) is 0. The molecule has 0 aromatic heterocycles. The molecule has 0 aliphatic rings. The van der Waals surface area contributed by atoms with Crippen molar-refractivity contribution in [2.24, 2.45) is 5.73 Å². The van der Waals surface area contributed by atoms with Crippen LogP contribution in [0.15, 0.2) is 0 Å². The van der Waals surface area contributed by atoms with E-state index in [2.05, 4.69) is 14.1 Å². The molecule has 0 amide bonds. The van der Waals surface area contributed by atoms with E-state index in [0.29, 0.717) is 6.54 Å². The molecule has 0 saturated carbocycles. The lowest BCUT2D eigenvalue weighted by Gasteiger charge is -2.27. The van der Waals surface area contributed by atoms with Gasteiger partial charge in [0.25, 0.3) is 0 Å². The summed E-state index contributed by atoms with van der Waals surface area (Å²) in [7, 11) is 4.12.